The maximum atomic E-state index is 6.24. The number of benzene rings is 7. The lowest BCUT2D eigenvalue weighted by atomic mass is 9.96. The van der Waals surface area contributed by atoms with Crippen LogP contribution in [0.4, 0.5) is 0 Å². The van der Waals surface area contributed by atoms with Crippen molar-refractivity contribution < 1.29 is 4.42 Å². The van der Waals surface area contributed by atoms with E-state index in [-0.39, 0.29) is 0 Å². The van der Waals surface area contributed by atoms with Crippen LogP contribution in [0, 0.1) is 0 Å². The van der Waals surface area contributed by atoms with E-state index in [1.54, 1.807) is 0 Å². The SMILES string of the molecule is c1ccc(-c2ccc(-c3cc(-c4cccc(-c5cccc6ccccc56)c4)nc(-c4ccc5c(c4)oc4ccccc45)n3)cc2)cc1. The van der Waals surface area contributed by atoms with Crippen molar-refractivity contribution in [2.24, 2.45) is 0 Å². The third-order valence-electron chi connectivity index (χ3n) is 8.91. The largest absolute Gasteiger partial charge is 0.456 e. The summed E-state index contributed by atoms with van der Waals surface area (Å²) in [5.41, 5.74) is 11.1. The van der Waals surface area contributed by atoms with Crippen LogP contribution < -0.4 is 0 Å². The Labute approximate surface area is 272 Å². The molecule has 0 spiro atoms. The van der Waals surface area contributed by atoms with Gasteiger partial charge in [0, 0.05) is 27.5 Å². The lowest BCUT2D eigenvalue weighted by Gasteiger charge is -2.12. The lowest BCUT2D eigenvalue weighted by Crippen LogP contribution is -1.96. The van der Waals surface area contributed by atoms with E-state index < -0.39 is 0 Å². The molecule has 0 aliphatic carbocycles. The predicted molar refractivity (Wildman–Crippen MR) is 194 cm³/mol. The molecule has 0 atom stereocenters. The summed E-state index contributed by atoms with van der Waals surface area (Å²) in [5.74, 6) is 0.655. The van der Waals surface area contributed by atoms with Crippen LogP contribution in [0.5, 0.6) is 0 Å². The van der Waals surface area contributed by atoms with Crippen LogP contribution in [0.15, 0.2) is 174 Å². The highest BCUT2D eigenvalue weighted by molar-refractivity contribution is 6.05. The number of fused-ring (bicyclic) bond motifs is 4. The molecule has 2 heterocycles. The molecule has 0 fully saturated rings. The maximum absolute atomic E-state index is 6.24. The zero-order valence-electron chi connectivity index (χ0n) is 25.5. The van der Waals surface area contributed by atoms with Crippen LogP contribution in [0.2, 0.25) is 0 Å². The average molecular weight is 601 g/mol. The van der Waals surface area contributed by atoms with Gasteiger partial charge in [-0.2, -0.15) is 0 Å². The van der Waals surface area contributed by atoms with Crippen molar-refractivity contribution in [2.45, 2.75) is 0 Å². The van der Waals surface area contributed by atoms with E-state index in [9.17, 15) is 0 Å². The molecule has 3 nitrogen and oxygen atoms in total. The Kier molecular flexibility index (Phi) is 6.46. The van der Waals surface area contributed by atoms with Crippen LogP contribution in [0.25, 0.3) is 88.9 Å². The molecule has 0 N–H and O–H groups in total. The van der Waals surface area contributed by atoms with E-state index in [0.29, 0.717) is 5.82 Å². The van der Waals surface area contributed by atoms with E-state index in [4.69, 9.17) is 14.4 Å². The quantitative estimate of drug-likeness (QED) is 0.197. The molecule has 0 aliphatic heterocycles. The molecule has 2 aromatic heterocycles. The van der Waals surface area contributed by atoms with Crippen molar-refractivity contribution >= 4 is 32.7 Å². The van der Waals surface area contributed by atoms with Crippen molar-refractivity contribution in [2.75, 3.05) is 0 Å². The van der Waals surface area contributed by atoms with Gasteiger partial charge in [0.1, 0.15) is 11.2 Å². The zero-order chi connectivity index (χ0) is 31.2. The van der Waals surface area contributed by atoms with Gasteiger partial charge >= 0.3 is 0 Å². The Morgan fingerprint density at radius 1 is 0.340 bits per heavy atom. The van der Waals surface area contributed by atoms with Gasteiger partial charge in [0.15, 0.2) is 5.82 Å². The van der Waals surface area contributed by atoms with E-state index >= 15 is 0 Å². The first-order chi connectivity index (χ1) is 23.3. The average Bonchev–Trinajstić information content (AvgIpc) is 3.53. The smallest absolute Gasteiger partial charge is 0.160 e. The maximum Gasteiger partial charge on any atom is 0.160 e. The molecule has 7 aromatic carbocycles. The zero-order valence-corrected chi connectivity index (χ0v) is 25.5. The first-order valence-electron chi connectivity index (χ1n) is 15.8. The summed E-state index contributed by atoms with van der Waals surface area (Å²) in [6.45, 7) is 0. The summed E-state index contributed by atoms with van der Waals surface area (Å²) in [5, 5.41) is 4.64. The summed E-state index contributed by atoms with van der Waals surface area (Å²) in [4.78, 5) is 10.3. The van der Waals surface area contributed by atoms with Crippen LogP contribution >= 0.6 is 0 Å². The van der Waals surface area contributed by atoms with Gasteiger partial charge in [-0.15, -0.1) is 0 Å². The van der Waals surface area contributed by atoms with Gasteiger partial charge in [0.05, 0.1) is 11.4 Å². The molecule has 0 bridgehead atoms. The normalized spacial score (nSPS) is 11.4. The number of hydrogen-bond acceptors (Lipinski definition) is 3. The second-order valence-electron chi connectivity index (χ2n) is 11.8. The van der Waals surface area contributed by atoms with Gasteiger partial charge in [-0.25, -0.2) is 9.97 Å². The summed E-state index contributed by atoms with van der Waals surface area (Å²) in [7, 11) is 0. The van der Waals surface area contributed by atoms with Crippen LogP contribution in [0.1, 0.15) is 0 Å². The Hall–Kier alpha value is -6.32. The molecule has 220 valence electrons. The van der Waals surface area contributed by atoms with E-state index in [1.807, 2.05) is 24.3 Å². The Morgan fingerprint density at radius 3 is 1.81 bits per heavy atom. The van der Waals surface area contributed by atoms with Crippen molar-refractivity contribution in [3.8, 4) is 56.2 Å². The summed E-state index contributed by atoms with van der Waals surface area (Å²) < 4.78 is 6.24. The van der Waals surface area contributed by atoms with Crippen LogP contribution in [0.3, 0.4) is 0 Å². The lowest BCUT2D eigenvalue weighted by molar-refractivity contribution is 0.669. The monoisotopic (exact) mass is 600 g/mol. The molecule has 0 saturated carbocycles. The minimum atomic E-state index is 0.655. The Morgan fingerprint density at radius 2 is 0.936 bits per heavy atom. The van der Waals surface area contributed by atoms with Gasteiger partial charge < -0.3 is 4.42 Å². The van der Waals surface area contributed by atoms with Gasteiger partial charge in [-0.1, -0.05) is 140 Å². The first kappa shape index (κ1) is 27.0. The van der Waals surface area contributed by atoms with Gasteiger partial charge in [-0.3, -0.25) is 0 Å². The molecule has 3 heteroatoms. The fraction of sp³-hybridized carbons (Fsp3) is 0. The highest BCUT2D eigenvalue weighted by Crippen LogP contribution is 2.35. The summed E-state index contributed by atoms with van der Waals surface area (Å²) >= 11 is 0. The molecular weight excluding hydrogens is 572 g/mol. The first-order valence-corrected chi connectivity index (χ1v) is 15.8. The number of para-hydroxylation sites is 1. The standard InChI is InChI=1S/C44H28N2O/c1-2-10-29(11-3-1)30-20-22-32(23-21-30)40-28-41(34-15-8-14-33(26-34)37-18-9-13-31-12-4-5-16-36(31)37)46-44(45-40)35-24-25-39-38-17-6-7-19-42(38)47-43(39)27-35/h1-28H. The minimum Gasteiger partial charge on any atom is -0.456 e. The molecule has 0 amide bonds. The molecule has 0 unspecified atom stereocenters. The predicted octanol–water partition coefficient (Wildman–Crippen LogP) is 11.9. The van der Waals surface area contributed by atoms with Crippen molar-refractivity contribution in [3.05, 3.63) is 170 Å². The molecule has 0 radical (unpaired) electrons. The molecule has 9 rings (SSSR count). The van der Waals surface area contributed by atoms with Crippen LogP contribution in [-0.4, -0.2) is 9.97 Å². The summed E-state index contributed by atoms with van der Waals surface area (Å²) in [6.07, 6.45) is 0. The number of nitrogens with zero attached hydrogens (tertiary/aromatic N) is 2. The van der Waals surface area contributed by atoms with Gasteiger partial charge in [0.25, 0.3) is 0 Å². The highest BCUT2D eigenvalue weighted by atomic mass is 16.3. The van der Waals surface area contributed by atoms with E-state index in [2.05, 4.69) is 146 Å². The van der Waals surface area contributed by atoms with E-state index in [1.165, 1.54) is 27.5 Å². The van der Waals surface area contributed by atoms with E-state index in [0.717, 1.165) is 55.6 Å². The topological polar surface area (TPSA) is 38.9 Å². The fourth-order valence-corrected chi connectivity index (χ4v) is 6.52. The molecule has 0 saturated heterocycles. The molecule has 9 aromatic rings. The van der Waals surface area contributed by atoms with Crippen LogP contribution in [-0.2, 0) is 0 Å². The highest BCUT2D eigenvalue weighted by Gasteiger charge is 2.15. The number of aromatic nitrogens is 2. The van der Waals surface area contributed by atoms with Crippen molar-refractivity contribution in [1.82, 2.24) is 9.97 Å². The van der Waals surface area contributed by atoms with Crippen molar-refractivity contribution in [1.29, 1.82) is 0 Å². The third-order valence-corrected chi connectivity index (χ3v) is 8.91. The van der Waals surface area contributed by atoms with Gasteiger partial charge in [-0.05, 0) is 63.4 Å². The molecule has 47 heavy (non-hydrogen) atoms. The number of furan rings is 1. The Balaban J connectivity index is 1.19. The van der Waals surface area contributed by atoms with Crippen molar-refractivity contribution in [3.63, 3.8) is 0 Å². The summed E-state index contributed by atoms with van der Waals surface area (Å²) in [6, 6.07) is 59.2. The fourth-order valence-electron chi connectivity index (χ4n) is 6.52. The van der Waals surface area contributed by atoms with Gasteiger partial charge in [0.2, 0.25) is 0 Å². The molecule has 0 aliphatic rings. The molecular formula is C44H28N2O. The second kappa shape index (κ2) is 11.2. The number of rotatable bonds is 5. The minimum absolute atomic E-state index is 0.655. The number of hydrogen-bond donors (Lipinski definition) is 0. The second-order valence-corrected chi connectivity index (χ2v) is 11.8. The third kappa shape index (κ3) is 4.95. The Bertz CT molecular complexity index is 2560.